The van der Waals surface area contributed by atoms with Gasteiger partial charge in [0.25, 0.3) is 10.0 Å². The Labute approximate surface area is 152 Å². The zero-order valence-corrected chi connectivity index (χ0v) is 15.4. The first kappa shape index (κ1) is 17.1. The maximum atomic E-state index is 13.2. The van der Waals surface area contributed by atoms with E-state index in [2.05, 4.69) is 10.3 Å². The highest BCUT2D eigenvalue weighted by Crippen LogP contribution is 2.27. The van der Waals surface area contributed by atoms with E-state index in [9.17, 15) is 8.42 Å². The summed E-state index contributed by atoms with van der Waals surface area (Å²) in [6, 6.07) is 10.5. The summed E-state index contributed by atoms with van der Waals surface area (Å²) >= 11 is 0. The zero-order chi connectivity index (χ0) is 18.1. The van der Waals surface area contributed by atoms with Crippen LogP contribution in [0.5, 0.6) is 5.75 Å². The smallest absolute Gasteiger partial charge is 0.268 e. The van der Waals surface area contributed by atoms with E-state index in [0.29, 0.717) is 17.3 Å². The van der Waals surface area contributed by atoms with Crippen LogP contribution < -0.4 is 10.1 Å². The molecule has 0 saturated carbocycles. The molecule has 6 nitrogen and oxygen atoms in total. The molecule has 2 aromatic heterocycles. The van der Waals surface area contributed by atoms with E-state index in [0.717, 1.165) is 36.9 Å². The minimum atomic E-state index is -3.73. The number of hydrogen-bond acceptors (Lipinski definition) is 5. The van der Waals surface area contributed by atoms with Gasteiger partial charge in [-0.1, -0.05) is 6.07 Å². The maximum Gasteiger partial charge on any atom is 0.268 e. The van der Waals surface area contributed by atoms with Crippen molar-refractivity contribution in [3.63, 3.8) is 0 Å². The summed E-state index contributed by atoms with van der Waals surface area (Å²) in [5.41, 5.74) is 2.29. The first-order valence-electron chi connectivity index (χ1n) is 8.67. The van der Waals surface area contributed by atoms with Crippen LogP contribution in [0.25, 0.3) is 11.0 Å². The lowest BCUT2D eigenvalue weighted by Crippen LogP contribution is -2.23. The van der Waals surface area contributed by atoms with E-state index in [1.54, 1.807) is 42.7 Å². The fourth-order valence-corrected chi connectivity index (χ4v) is 4.93. The fraction of sp³-hybridized carbons (Fsp3) is 0.316. The van der Waals surface area contributed by atoms with Gasteiger partial charge < -0.3 is 10.1 Å². The third-order valence-corrected chi connectivity index (χ3v) is 6.50. The molecule has 1 aliphatic heterocycles. The van der Waals surface area contributed by atoms with Crippen molar-refractivity contribution in [2.45, 2.75) is 30.2 Å². The third kappa shape index (κ3) is 2.97. The van der Waals surface area contributed by atoms with E-state index in [1.165, 1.54) is 17.1 Å². The van der Waals surface area contributed by atoms with Gasteiger partial charge in [-0.3, -0.25) is 4.98 Å². The van der Waals surface area contributed by atoms with E-state index in [-0.39, 0.29) is 4.90 Å². The summed E-state index contributed by atoms with van der Waals surface area (Å²) in [6.07, 6.45) is 6.44. The number of nitrogens with one attached hydrogen (secondary N) is 1. The third-order valence-electron chi connectivity index (χ3n) is 4.83. The summed E-state index contributed by atoms with van der Waals surface area (Å²) in [5, 5.41) is 3.46. The number of ether oxygens (including phenoxy) is 1. The number of fused-ring (bicyclic) bond motifs is 1. The van der Waals surface area contributed by atoms with Gasteiger partial charge in [-0.2, -0.15) is 0 Å². The number of hydrogen-bond donors (Lipinski definition) is 1. The Morgan fingerprint density at radius 3 is 2.96 bits per heavy atom. The van der Waals surface area contributed by atoms with Crippen molar-refractivity contribution in [1.29, 1.82) is 0 Å². The van der Waals surface area contributed by atoms with E-state index >= 15 is 0 Å². The molecular weight excluding hydrogens is 350 g/mol. The van der Waals surface area contributed by atoms with Gasteiger partial charge in [-0.25, -0.2) is 12.4 Å². The van der Waals surface area contributed by atoms with Crippen molar-refractivity contribution in [3.05, 3.63) is 54.4 Å². The summed E-state index contributed by atoms with van der Waals surface area (Å²) in [6.45, 7) is 1.01. The highest BCUT2D eigenvalue weighted by molar-refractivity contribution is 7.90. The van der Waals surface area contributed by atoms with Crippen molar-refractivity contribution in [3.8, 4) is 5.75 Å². The molecule has 1 saturated heterocycles. The predicted molar refractivity (Wildman–Crippen MR) is 100 cm³/mol. The van der Waals surface area contributed by atoms with Crippen LogP contribution >= 0.6 is 0 Å². The van der Waals surface area contributed by atoms with Crippen LogP contribution in [0.2, 0.25) is 0 Å². The number of methoxy groups -OCH3 is 1. The van der Waals surface area contributed by atoms with Gasteiger partial charge >= 0.3 is 0 Å². The molecule has 26 heavy (non-hydrogen) atoms. The van der Waals surface area contributed by atoms with E-state index in [1.807, 2.05) is 0 Å². The van der Waals surface area contributed by atoms with Gasteiger partial charge in [0.05, 0.1) is 23.0 Å². The lowest BCUT2D eigenvalue weighted by Gasteiger charge is -2.09. The van der Waals surface area contributed by atoms with Gasteiger partial charge in [0.2, 0.25) is 0 Å². The number of rotatable bonds is 5. The van der Waals surface area contributed by atoms with Gasteiger partial charge in [-0.15, -0.1) is 0 Å². The Hall–Kier alpha value is -2.38. The molecule has 1 aromatic carbocycles. The molecule has 1 atom stereocenters. The van der Waals surface area contributed by atoms with Gasteiger partial charge in [0.15, 0.2) is 0 Å². The summed E-state index contributed by atoms with van der Waals surface area (Å²) in [5.74, 6) is 0.510. The molecule has 1 aliphatic rings. The molecule has 0 amide bonds. The Bertz CT molecular complexity index is 1040. The molecule has 0 spiro atoms. The molecule has 3 aromatic rings. The second-order valence-electron chi connectivity index (χ2n) is 6.50. The molecule has 3 heterocycles. The van der Waals surface area contributed by atoms with Gasteiger partial charge in [0, 0.05) is 24.5 Å². The standard InChI is InChI=1S/C19H21N3O3S/c1-25-16-6-2-7-17(12-16)26(23,24)22-13-14(11-15-5-3-9-20-15)19-18(22)8-4-10-21-19/h2,4,6-8,10,12-13,15,20H,3,5,9,11H2,1H3/t15-/m1/s1. The quantitative estimate of drug-likeness (QED) is 0.746. The topological polar surface area (TPSA) is 73.2 Å². The average molecular weight is 371 g/mol. The summed E-state index contributed by atoms with van der Waals surface area (Å²) in [7, 11) is -2.21. The second kappa shape index (κ2) is 6.74. The summed E-state index contributed by atoms with van der Waals surface area (Å²) in [4.78, 5) is 4.64. The van der Waals surface area contributed by atoms with Crippen LogP contribution in [0.15, 0.2) is 53.7 Å². The first-order chi connectivity index (χ1) is 12.6. The normalized spacial score (nSPS) is 17.7. The van der Waals surface area contributed by atoms with Crippen molar-refractivity contribution >= 4 is 21.1 Å². The Balaban J connectivity index is 1.82. The molecule has 0 bridgehead atoms. The van der Waals surface area contributed by atoms with Crippen LogP contribution in [-0.2, 0) is 16.4 Å². The number of aromatic nitrogens is 2. The van der Waals surface area contributed by atoms with Crippen molar-refractivity contribution in [2.24, 2.45) is 0 Å². The molecule has 136 valence electrons. The maximum absolute atomic E-state index is 13.2. The number of pyridine rings is 1. The van der Waals surface area contributed by atoms with Gasteiger partial charge in [-0.05, 0) is 55.6 Å². The van der Waals surface area contributed by atoms with Crippen LogP contribution in [-0.4, -0.2) is 37.1 Å². The van der Waals surface area contributed by atoms with Crippen molar-refractivity contribution < 1.29 is 13.2 Å². The number of nitrogens with zero attached hydrogens (tertiary/aromatic N) is 2. The average Bonchev–Trinajstić information content (AvgIpc) is 3.31. The van der Waals surface area contributed by atoms with Crippen LogP contribution in [0.1, 0.15) is 18.4 Å². The van der Waals surface area contributed by atoms with Crippen LogP contribution in [0.3, 0.4) is 0 Å². The zero-order valence-electron chi connectivity index (χ0n) is 14.6. The first-order valence-corrected chi connectivity index (χ1v) is 10.1. The fourth-order valence-electron chi connectivity index (χ4n) is 3.51. The van der Waals surface area contributed by atoms with Crippen molar-refractivity contribution in [1.82, 2.24) is 14.3 Å². The Morgan fingerprint density at radius 2 is 2.19 bits per heavy atom. The highest BCUT2D eigenvalue weighted by Gasteiger charge is 2.24. The van der Waals surface area contributed by atoms with Crippen LogP contribution in [0, 0.1) is 0 Å². The summed E-state index contributed by atoms with van der Waals surface area (Å²) < 4.78 is 33.0. The Kier molecular flexibility index (Phi) is 4.42. The molecule has 1 fully saturated rings. The molecule has 0 unspecified atom stereocenters. The molecular formula is C19H21N3O3S. The molecule has 0 aliphatic carbocycles. The largest absolute Gasteiger partial charge is 0.497 e. The second-order valence-corrected chi connectivity index (χ2v) is 8.32. The van der Waals surface area contributed by atoms with E-state index in [4.69, 9.17) is 4.74 Å². The van der Waals surface area contributed by atoms with Crippen molar-refractivity contribution in [2.75, 3.05) is 13.7 Å². The van der Waals surface area contributed by atoms with Crippen LogP contribution in [0.4, 0.5) is 0 Å². The predicted octanol–water partition coefficient (Wildman–Crippen LogP) is 2.58. The minimum absolute atomic E-state index is 0.197. The lowest BCUT2D eigenvalue weighted by molar-refractivity contribution is 0.413. The monoisotopic (exact) mass is 371 g/mol. The number of benzene rings is 1. The lowest BCUT2D eigenvalue weighted by atomic mass is 10.1. The molecule has 7 heteroatoms. The molecule has 1 N–H and O–H groups in total. The minimum Gasteiger partial charge on any atom is -0.497 e. The Morgan fingerprint density at radius 1 is 1.31 bits per heavy atom. The molecule has 0 radical (unpaired) electrons. The molecule has 4 rings (SSSR count). The van der Waals surface area contributed by atoms with E-state index < -0.39 is 10.0 Å². The van der Waals surface area contributed by atoms with Gasteiger partial charge in [0.1, 0.15) is 5.75 Å². The highest BCUT2D eigenvalue weighted by atomic mass is 32.2. The SMILES string of the molecule is COc1cccc(S(=O)(=O)n2cc(C[C@H]3CCCN3)c3ncccc32)c1.